The Kier molecular flexibility index (Phi) is 4.52. The molecule has 0 aliphatic rings. The van der Waals surface area contributed by atoms with E-state index in [1.54, 1.807) is 12.1 Å². The van der Waals surface area contributed by atoms with Crippen LogP contribution in [0.5, 0.6) is 0 Å². The number of hydrogen-bond acceptors (Lipinski definition) is 2. The van der Waals surface area contributed by atoms with Crippen LogP contribution in [0.25, 0.3) is 0 Å². The molecule has 2 nitrogen and oxygen atoms in total. The monoisotopic (exact) mass is 238 g/mol. The Morgan fingerprint density at radius 2 is 1.76 bits per heavy atom. The van der Waals surface area contributed by atoms with Crippen LogP contribution in [0, 0.1) is 11.2 Å². The molecule has 0 aliphatic carbocycles. The molecule has 0 bridgehead atoms. The minimum atomic E-state index is -0.204. The third-order valence-electron chi connectivity index (χ3n) is 3.10. The smallest absolute Gasteiger partial charge is 0.123 e. The molecule has 3 heteroatoms. The number of nitrogens with zero attached hydrogens (tertiary/aromatic N) is 1. The zero-order valence-electron chi connectivity index (χ0n) is 11.2. The number of nitrogens with two attached hydrogens (primary N) is 1. The molecule has 96 valence electrons. The fourth-order valence-electron chi connectivity index (χ4n) is 1.58. The molecule has 0 radical (unpaired) electrons. The van der Waals surface area contributed by atoms with Crippen molar-refractivity contribution in [1.29, 1.82) is 0 Å². The van der Waals surface area contributed by atoms with Crippen LogP contribution in [0.4, 0.5) is 10.1 Å². The van der Waals surface area contributed by atoms with Gasteiger partial charge >= 0.3 is 0 Å². The average Bonchev–Trinajstić information content (AvgIpc) is 2.25. The first kappa shape index (κ1) is 14.0. The normalized spacial score (nSPS) is 13.5. The van der Waals surface area contributed by atoms with Crippen LogP contribution in [0.3, 0.4) is 0 Å². The van der Waals surface area contributed by atoms with Gasteiger partial charge in [-0.1, -0.05) is 20.8 Å². The highest BCUT2D eigenvalue weighted by molar-refractivity contribution is 5.46. The minimum absolute atomic E-state index is 0.0768. The standard InChI is InChI=1S/C14H23FN2/c1-5-17(10-13(16)14(2,3)4)12-8-6-11(15)7-9-12/h6-9,13H,5,10,16H2,1-4H3. The van der Waals surface area contributed by atoms with E-state index in [2.05, 4.69) is 32.6 Å². The third-order valence-corrected chi connectivity index (χ3v) is 3.10. The Hall–Kier alpha value is -1.09. The summed E-state index contributed by atoms with van der Waals surface area (Å²) in [6.07, 6.45) is 0. The van der Waals surface area contributed by atoms with Gasteiger partial charge < -0.3 is 10.6 Å². The summed E-state index contributed by atoms with van der Waals surface area (Å²) in [7, 11) is 0. The average molecular weight is 238 g/mol. The molecule has 17 heavy (non-hydrogen) atoms. The van der Waals surface area contributed by atoms with Crippen LogP contribution in [0.2, 0.25) is 0 Å². The molecule has 0 amide bonds. The van der Waals surface area contributed by atoms with Crippen LogP contribution < -0.4 is 10.6 Å². The topological polar surface area (TPSA) is 29.3 Å². The highest BCUT2D eigenvalue weighted by Crippen LogP contribution is 2.21. The van der Waals surface area contributed by atoms with E-state index in [4.69, 9.17) is 5.73 Å². The first-order valence-corrected chi connectivity index (χ1v) is 6.10. The van der Waals surface area contributed by atoms with E-state index >= 15 is 0 Å². The Balaban J connectivity index is 2.75. The lowest BCUT2D eigenvalue weighted by Gasteiger charge is -2.33. The summed E-state index contributed by atoms with van der Waals surface area (Å²) in [5, 5.41) is 0. The van der Waals surface area contributed by atoms with E-state index in [0.29, 0.717) is 0 Å². The second kappa shape index (κ2) is 5.50. The Morgan fingerprint density at radius 3 is 2.18 bits per heavy atom. The number of rotatable bonds is 4. The maximum absolute atomic E-state index is 12.9. The van der Waals surface area contributed by atoms with Crippen molar-refractivity contribution in [2.24, 2.45) is 11.1 Å². The van der Waals surface area contributed by atoms with Crippen molar-refractivity contribution in [3.8, 4) is 0 Å². The predicted octanol–water partition coefficient (Wildman–Crippen LogP) is 3.03. The summed E-state index contributed by atoms with van der Waals surface area (Å²) < 4.78 is 12.9. The van der Waals surface area contributed by atoms with Crippen LogP contribution in [-0.4, -0.2) is 19.1 Å². The molecule has 2 N–H and O–H groups in total. The Bertz CT molecular complexity index is 340. The van der Waals surface area contributed by atoms with Crippen LogP contribution in [0.1, 0.15) is 27.7 Å². The van der Waals surface area contributed by atoms with Gasteiger partial charge in [0.25, 0.3) is 0 Å². The maximum Gasteiger partial charge on any atom is 0.123 e. The largest absolute Gasteiger partial charge is 0.370 e. The molecule has 0 aliphatic heterocycles. The number of halogens is 1. The van der Waals surface area contributed by atoms with E-state index in [0.717, 1.165) is 18.8 Å². The molecular formula is C14H23FN2. The van der Waals surface area contributed by atoms with Gasteiger partial charge in [0.1, 0.15) is 5.82 Å². The molecule has 0 saturated carbocycles. The van der Waals surface area contributed by atoms with E-state index in [1.807, 2.05) is 0 Å². The van der Waals surface area contributed by atoms with Gasteiger partial charge in [-0.2, -0.15) is 0 Å². The molecule has 0 aromatic heterocycles. The molecule has 0 saturated heterocycles. The fourth-order valence-corrected chi connectivity index (χ4v) is 1.58. The number of hydrogen-bond donors (Lipinski definition) is 1. The quantitative estimate of drug-likeness (QED) is 0.873. The van der Waals surface area contributed by atoms with Gasteiger partial charge in [0.2, 0.25) is 0 Å². The van der Waals surface area contributed by atoms with Crippen LogP contribution in [0.15, 0.2) is 24.3 Å². The van der Waals surface area contributed by atoms with Gasteiger partial charge in [-0.15, -0.1) is 0 Å². The summed E-state index contributed by atoms with van der Waals surface area (Å²) in [6.45, 7) is 10.1. The zero-order chi connectivity index (χ0) is 13.1. The van der Waals surface area contributed by atoms with E-state index < -0.39 is 0 Å². The molecule has 1 rings (SSSR count). The molecule has 1 aromatic carbocycles. The summed E-state index contributed by atoms with van der Waals surface area (Å²) in [5.41, 5.74) is 7.28. The number of anilines is 1. The van der Waals surface area contributed by atoms with E-state index in [-0.39, 0.29) is 17.3 Å². The number of benzene rings is 1. The molecule has 1 atom stereocenters. The van der Waals surface area contributed by atoms with Gasteiger partial charge in [-0.05, 0) is 36.6 Å². The van der Waals surface area contributed by atoms with E-state index in [1.165, 1.54) is 12.1 Å². The lowest BCUT2D eigenvalue weighted by molar-refractivity contribution is 0.321. The van der Waals surface area contributed by atoms with Gasteiger partial charge in [0, 0.05) is 24.8 Å². The molecule has 0 heterocycles. The predicted molar refractivity (Wildman–Crippen MR) is 71.7 cm³/mol. The van der Waals surface area contributed by atoms with Gasteiger partial charge in [-0.3, -0.25) is 0 Å². The summed E-state index contributed by atoms with van der Waals surface area (Å²) in [5.74, 6) is -0.204. The zero-order valence-corrected chi connectivity index (χ0v) is 11.2. The highest BCUT2D eigenvalue weighted by Gasteiger charge is 2.22. The second-order valence-corrected chi connectivity index (χ2v) is 5.49. The first-order valence-electron chi connectivity index (χ1n) is 6.10. The molecule has 0 fully saturated rings. The van der Waals surface area contributed by atoms with Crippen molar-refractivity contribution in [2.75, 3.05) is 18.0 Å². The second-order valence-electron chi connectivity index (χ2n) is 5.49. The fraction of sp³-hybridized carbons (Fsp3) is 0.571. The van der Waals surface area contributed by atoms with Crippen LogP contribution >= 0.6 is 0 Å². The van der Waals surface area contributed by atoms with Crippen molar-refractivity contribution < 1.29 is 4.39 Å². The summed E-state index contributed by atoms with van der Waals surface area (Å²) >= 11 is 0. The maximum atomic E-state index is 12.9. The van der Waals surface area contributed by atoms with Gasteiger partial charge in [0.05, 0.1) is 0 Å². The Labute approximate surface area is 104 Å². The van der Waals surface area contributed by atoms with Crippen molar-refractivity contribution in [3.63, 3.8) is 0 Å². The first-order chi connectivity index (χ1) is 7.84. The third kappa shape index (κ3) is 4.00. The molecule has 1 unspecified atom stereocenters. The summed E-state index contributed by atoms with van der Waals surface area (Å²) in [6, 6.07) is 6.66. The van der Waals surface area contributed by atoms with E-state index in [9.17, 15) is 4.39 Å². The summed E-state index contributed by atoms with van der Waals surface area (Å²) in [4.78, 5) is 2.18. The minimum Gasteiger partial charge on any atom is -0.370 e. The number of likely N-dealkylation sites (N-methyl/N-ethyl adjacent to an activating group) is 1. The Morgan fingerprint density at radius 1 is 1.24 bits per heavy atom. The van der Waals surface area contributed by atoms with Gasteiger partial charge in [0.15, 0.2) is 0 Å². The lowest BCUT2D eigenvalue weighted by atomic mass is 9.87. The van der Waals surface area contributed by atoms with Crippen molar-refractivity contribution in [3.05, 3.63) is 30.1 Å². The van der Waals surface area contributed by atoms with Gasteiger partial charge in [-0.25, -0.2) is 4.39 Å². The van der Waals surface area contributed by atoms with Crippen LogP contribution in [-0.2, 0) is 0 Å². The van der Waals surface area contributed by atoms with Crippen molar-refractivity contribution in [1.82, 2.24) is 0 Å². The molecule has 1 aromatic rings. The lowest BCUT2D eigenvalue weighted by Crippen LogP contribution is -2.45. The highest BCUT2D eigenvalue weighted by atomic mass is 19.1. The van der Waals surface area contributed by atoms with Crippen molar-refractivity contribution in [2.45, 2.75) is 33.7 Å². The van der Waals surface area contributed by atoms with Crippen molar-refractivity contribution >= 4 is 5.69 Å². The molecular weight excluding hydrogens is 215 g/mol. The molecule has 0 spiro atoms. The SMILES string of the molecule is CCN(CC(N)C(C)(C)C)c1ccc(F)cc1.